The number of aliphatic carboxylic acids is 1. The molecule has 0 radical (unpaired) electrons. The van der Waals surface area contributed by atoms with Gasteiger partial charge in [-0.3, -0.25) is 9.59 Å². The largest absolute Gasteiger partial charge is 0.480 e. The number of likely N-dealkylation sites (N-methyl/N-ethyl adjacent to an activating group) is 1. The fourth-order valence-electron chi connectivity index (χ4n) is 1.57. The summed E-state index contributed by atoms with van der Waals surface area (Å²) in [5.74, 6) is -0.977. The first-order valence-corrected chi connectivity index (χ1v) is 6.76. The molecule has 20 heavy (non-hydrogen) atoms. The van der Waals surface area contributed by atoms with Gasteiger partial charge in [0.2, 0.25) is 5.91 Å². The molecule has 7 nitrogen and oxygen atoms in total. The molecule has 116 valence electrons. The van der Waals surface area contributed by atoms with E-state index in [-0.39, 0.29) is 19.0 Å². The molecule has 3 amide bonds. The van der Waals surface area contributed by atoms with Crippen molar-refractivity contribution in [2.24, 2.45) is 5.92 Å². The first-order valence-electron chi connectivity index (χ1n) is 6.76. The lowest BCUT2D eigenvalue weighted by Gasteiger charge is -2.26. The number of rotatable bonds is 8. The molecule has 0 heterocycles. The van der Waals surface area contributed by atoms with Crippen LogP contribution in [0.2, 0.25) is 0 Å². The standard InChI is InChI=1S/C13H25N3O4/c1-5-6-16(9-12(18)19)13(20)15(4)8-11(17)14-7-10(2)3/h10H,5-9H2,1-4H3,(H,14,17)(H,18,19). The summed E-state index contributed by atoms with van der Waals surface area (Å²) in [5, 5.41) is 11.5. The van der Waals surface area contributed by atoms with Crippen molar-refractivity contribution >= 4 is 17.9 Å². The zero-order valence-electron chi connectivity index (χ0n) is 12.7. The monoisotopic (exact) mass is 287 g/mol. The lowest BCUT2D eigenvalue weighted by atomic mass is 10.2. The van der Waals surface area contributed by atoms with Crippen LogP contribution in [0, 0.1) is 5.92 Å². The first-order chi connectivity index (χ1) is 9.27. The lowest BCUT2D eigenvalue weighted by Crippen LogP contribution is -2.47. The molecule has 0 fully saturated rings. The van der Waals surface area contributed by atoms with Crippen molar-refractivity contribution < 1.29 is 19.5 Å². The minimum Gasteiger partial charge on any atom is -0.480 e. The number of nitrogens with one attached hydrogen (secondary N) is 1. The van der Waals surface area contributed by atoms with Gasteiger partial charge in [-0.15, -0.1) is 0 Å². The number of carboxylic acids is 1. The van der Waals surface area contributed by atoms with Gasteiger partial charge in [-0.25, -0.2) is 4.79 Å². The molecule has 7 heteroatoms. The second-order valence-electron chi connectivity index (χ2n) is 5.15. The van der Waals surface area contributed by atoms with Gasteiger partial charge < -0.3 is 20.2 Å². The van der Waals surface area contributed by atoms with E-state index in [0.29, 0.717) is 25.4 Å². The molecule has 0 rings (SSSR count). The van der Waals surface area contributed by atoms with E-state index in [2.05, 4.69) is 5.32 Å². The van der Waals surface area contributed by atoms with Crippen LogP contribution in [0.4, 0.5) is 4.79 Å². The second kappa shape index (κ2) is 9.17. The quantitative estimate of drug-likeness (QED) is 0.684. The van der Waals surface area contributed by atoms with Crippen molar-refractivity contribution in [1.29, 1.82) is 0 Å². The summed E-state index contributed by atoms with van der Waals surface area (Å²) in [4.78, 5) is 36.8. The molecule has 0 aromatic rings. The average Bonchev–Trinajstić information content (AvgIpc) is 2.34. The molecule has 0 aromatic carbocycles. The van der Waals surface area contributed by atoms with Crippen molar-refractivity contribution in [3.8, 4) is 0 Å². The van der Waals surface area contributed by atoms with Crippen molar-refractivity contribution in [3.05, 3.63) is 0 Å². The number of carbonyl (C=O) groups excluding carboxylic acids is 2. The van der Waals surface area contributed by atoms with E-state index >= 15 is 0 Å². The van der Waals surface area contributed by atoms with Crippen LogP contribution >= 0.6 is 0 Å². The molecule has 0 unspecified atom stereocenters. The summed E-state index contributed by atoms with van der Waals surface area (Å²) in [6.45, 7) is 6.28. The Morgan fingerprint density at radius 1 is 1.20 bits per heavy atom. The highest BCUT2D eigenvalue weighted by Gasteiger charge is 2.21. The number of amides is 3. The molecule has 2 N–H and O–H groups in total. The van der Waals surface area contributed by atoms with Crippen LogP contribution in [-0.4, -0.2) is 66.0 Å². The Bertz CT molecular complexity index is 345. The van der Waals surface area contributed by atoms with Crippen molar-refractivity contribution in [3.63, 3.8) is 0 Å². The zero-order chi connectivity index (χ0) is 15.7. The first kappa shape index (κ1) is 18.2. The van der Waals surface area contributed by atoms with Crippen LogP contribution in [0.25, 0.3) is 0 Å². The normalized spacial score (nSPS) is 10.2. The number of carboxylic acid groups (broad SMARTS) is 1. The zero-order valence-corrected chi connectivity index (χ0v) is 12.7. The molecule has 0 aromatic heterocycles. The van der Waals surface area contributed by atoms with E-state index in [0.717, 1.165) is 0 Å². The molecule has 0 atom stereocenters. The number of nitrogens with zero attached hydrogens (tertiary/aromatic N) is 2. The highest BCUT2D eigenvalue weighted by molar-refractivity contribution is 5.85. The van der Waals surface area contributed by atoms with Crippen LogP contribution in [0.5, 0.6) is 0 Å². The van der Waals surface area contributed by atoms with Crippen LogP contribution in [0.3, 0.4) is 0 Å². The molecule has 0 saturated heterocycles. The third-order valence-electron chi connectivity index (χ3n) is 2.50. The Hall–Kier alpha value is -1.79. The Balaban J connectivity index is 4.41. The van der Waals surface area contributed by atoms with Gasteiger partial charge in [-0.05, 0) is 12.3 Å². The maximum absolute atomic E-state index is 12.1. The van der Waals surface area contributed by atoms with E-state index in [4.69, 9.17) is 5.11 Å². The summed E-state index contributed by atoms with van der Waals surface area (Å²) in [6, 6.07) is -0.450. The van der Waals surface area contributed by atoms with E-state index in [1.165, 1.54) is 16.8 Å². The van der Waals surface area contributed by atoms with Gasteiger partial charge in [0.05, 0.1) is 0 Å². The summed E-state index contributed by atoms with van der Waals surface area (Å²) in [6.07, 6.45) is 0.659. The third kappa shape index (κ3) is 7.60. The van der Waals surface area contributed by atoms with Crippen LogP contribution in [0.1, 0.15) is 27.2 Å². The minimum absolute atomic E-state index is 0.0780. The van der Waals surface area contributed by atoms with E-state index in [9.17, 15) is 14.4 Å². The van der Waals surface area contributed by atoms with Gasteiger partial charge >= 0.3 is 12.0 Å². The second-order valence-corrected chi connectivity index (χ2v) is 5.15. The fraction of sp³-hybridized carbons (Fsp3) is 0.769. The minimum atomic E-state index is -1.07. The summed E-state index contributed by atoms with van der Waals surface area (Å²) in [5.41, 5.74) is 0. The van der Waals surface area contributed by atoms with Gasteiger partial charge in [0.15, 0.2) is 0 Å². The van der Waals surface area contributed by atoms with Gasteiger partial charge in [-0.1, -0.05) is 20.8 Å². The molecule has 0 saturated carbocycles. The van der Waals surface area contributed by atoms with E-state index in [1.807, 2.05) is 20.8 Å². The molecule has 0 aliphatic heterocycles. The fourth-order valence-corrected chi connectivity index (χ4v) is 1.57. The smallest absolute Gasteiger partial charge is 0.323 e. The number of carbonyl (C=O) groups is 3. The highest BCUT2D eigenvalue weighted by atomic mass is 16.4. The Morgan fingerprint density at radius 3 is 2.25 bits per heavy atom. The SMILES string of the molecule is CCCN(CC(=O)O)C(=O)N(C)CC(=O)NCC(C)C. The maximum atomic E-state index is 12.1. The predicted molar refractivity (Wildman–Crippen MR) is 75.4 cm³/mol. The average molecular weight is 287 g/mol. The topological polar surface area (TPSA) is 90.0 Å². The Kier molecular flexibility index (Phi) is 8.35. The lowest BCUT2D eigenvalue weighted by molar-refractivity contribution is -0.137. The van der Waals surface area contributed by atoms with Gasteiger partial charge in [0, 0.05) is 20.1 Å². The number of hydrogen-bond donors (Lipinski definition) is 2. The van der Waals surface area contributed by atoms with E-state index in [1.54, 1.807) is 0 Å². The van der Waals surface area contributed by atoms with Crippen molar-refractivity contribution in [1.82, 2.24) is 15.1 Å². The van der Waals surface area contributed by atoms with Crippen LogP contribution in [0.15, 0.2) is 0 Å². The Morgan fingerprint density at radius 2 is 1.80 bits per heavy atom. The maximum Gasteiger partial charge on any atom is 0.323 e. The Labute approximate surface area is 119 Å². The van der Waals surface area contributed by atoms with Crippen molar-refractivity contribution in [2.75, 3.05) is 33.2 Å². The summed E-state index contributed by atoms with van der Waals surface area (Å²) < 4.78 is 0. The van der Waals surface area contributed by atoms with Crippen LogP contribution < -0.4 is 5.32 Å². The molecular formula is C13H25N3O4. The van der Waals surface area contributed by atoms with Gasteiger partial charge in [-0.2, -0.15) is 0 Å². The van der Waals surface area contributed by atoms with Crippen LogP contribution in [-0.2, 0) is 9.59 Å². The predicted octanol–water partition coefficient (Wildman–Crippen LogP) is 0.607. The summed E-state index contributed by atoms with van der Waals surface area (Å²) >= 11 is 0. The summed E-state index contributed by atoms with van der Waals surface area (Å²) in [7, 11) is 1.49. The number of hydrogen-bond acceptors (Lipinski definition) is 3. The molecule has 0 aliphatic carbocycles. The van der Waals surface area contributed by atoms with Gasteiger partial charge in [0.25, 0.3) is 0 Å². The van der Waals surface area contributed by atoms with Crippen molar-refractivity contribution in [2.45, 2.75) is 27.2 Å². The van der Waals surface area contributed by atoms with Gasteiger partial charge in [0.1, 0.15) is 13.1 Å². The molecular weight excluding hydrogens is 262 g/mol. The third-order valence-corrected chi connectivity index (χ3v) is 2.50. The highest BCUT2D eigenvalue weighted by Crippen LogP contribution is 1.99. The molecule has 0 aliphatic rings. The number of urea groups is 1. The molecule has 0 spiro atoms. The molecule has 0 bridgehead atoms. The van der Waals surface area contributed by atoms with E-state index < -0.39 is 12.0 Å².